The van der Waals surface area contributed by atoms with Gasteiger partial charge in [0.15, 0.2) is 0 Å². The minimum absolute atomic E-state index is 1.16. The number of hydrogen-bond donors (Lipinski definition) is 0. The fraction of sp³-hybridized carbons (Fsp3) is 0. The first kappa shape index (κ1) is 32.4. The van der Waals surface area contributed by atoms with Crippen LogP contribution in [0, 0.1) is 0 Å². The van der Waals surface area contributed by atoms with Crippen molar-refractivity contribution in [3.8, 4) is 61.3 Å². The van der Waals surface area contributed by atoms with Crippen LogP contribution in [0.4, 0.5) is 0 Å². The van der Waals surface area contributed by atoms with Crippen molar-refractivity contribution in [2.24, 2.45) is 0 Å². The van der Waals surface area contributed by atoms with Crippen molar-refractivity contribution in [2.75, 3.05) is 0 Å². The van der Waals surface area contributed by atoms with E-state index in [1.54, 1.807) is 0 Å². The maximum atomic E-state index is 2.41. The number of benzene rings is 9. The summed E-state index contributed by atoms with van der Waals surface area (Å²) in [6.45, 7) is 0. The van der Waals surface area contributed by atoms with Gasteiger partial charge in [-0.15, -0.1) is 11.3 Å². The first-order chi connectivity index (χ1) is 27.7. The zero-order chi connectivity index (χ0) is 37.0. The van der Waals surface area contributed by atoms with Crippen molar-refractivity contribution in [1.29, 1.82) is 0 Å². The highest BCUT2D eigenvalue weighted by molar-refractivity contribution is 7.26. The number of aromatic nitrogens is 1. The molecule has 0 radical (unpaired) electrons. The standard InChI is InChI=1S/C54H35NS/c1-4-14-36(15-5-1)38-18-12-19-39(30-38)42-31-43(41-26-28-48-47-22-10-11-25-51(47)55(52(48)35-41)45-20-8-3-9-21-45)33-44(32-42)46-23-13-24-49-50-34-40(37-16-6-2-7-17-37)27-29-53(50)56-54(46)49/h1-35H. The Labute approximate surface area is 330 Å². The van der Waals surface area contributed by atoms with Gasteiger partial charge in [0, 0.05) is 36.6 Å². The molecule has 0 unspecified atom stereocenters. The fourth-order valence-electron chi connectivity index (χ4n) is 8.47. The van der Waals surface area contributed by atoms with Crippen molar-refractivity contribution in [3.63, 3.8) is 0 Å². The van der Waals surface area contributed by atoms with Crippen molar-refractivity contribution >= 4 is 53.3 Å². The van der Waals surface area contributed by atoms with Crippen molar-refractivity contribution in [3.05, 3.63) is 212 Å². The molecule has 262 valence electrons. The molecule has 0 aliphatic rings. The second kappa shape index (κ2) is 13.4. The van der Waals surface area contributed by atoms with Gasteiger partial charge in [-0.05, 0) is 116 Å². The minimum atomic E-state index is 1.16. The zero-order valence-corrected chi connectivity index (χ0v) is 31.4. The van der Waals surface area contributed by atoms with Gasteiger partial charge >= 0.3 is 0 Å². The summed E-state index contributed by atoms with van der Waals surface area (Å²) in [5, 5.41) is 5.12. The second-order valence-electron chi connectivity index (χ2n) is 14.5. The van der Waals surface area contributed by atoms with Crippen molar-refractivity contribution in [2.45, 2.75) is 0 Å². The van der Waals surface area contributed by atoms with E-state index in [9.17, 15) is 0 Å². The maximum absolute atomic E-state index is 2.41. The van der Waals surface area contributed by atoms with Gasteiger partial charge < -0.3 is 4.57 Å². The number of hydrogen-bond acceptors (Lipinski definition) is 1. The lowest BCUT2D eigenvalue weighted by Crippen LogP contribution is -1.93. The van der Waals surface area contributed by atoms with E-state index in [2.05, 4.69) is 217 Å². The summed E-state index contributed by atoms with van der Waals surface area (Å²) >= 11 is 1.89. The predicted molar refractivity (Wildman–Crippen MR) is 241 cm³/mol. The van der Waals surface area contributed by atoms with E-state index in [1.807, 2.05) is 11.3 Å². The van der Waals surface area contributed by atoms with E-state index in [4.69, 9.17) is 0 Å². The molecule has 2 heterocycles. The third-order valence-corrected chi connectivity index (χ3v) is 12.4. The van der Waals surface area contributed by atoms with Crippen molar-refractivity contribution in [1.82, 2.24) is 4.57 Å². The molecule has 11 aromatic rings. The molecule has 1 nitrogen and oxygen atoms in total. The predicted octanol–water partition coefficient (Wildman–Crippen LogP) is 15.5. The van der Waals surface area contributed by atoms with Gasteiger partial charge in [0.25, 0.3) is 0 Å². The number of fused-ring (bicyclic) bond motifs is 6. The summed E-state index contributed by atoms with van der Waals surface area (Å²) < 4.78 is 5.02. The molecule has 0 spiro atoms. The van der Waals surface area contributed by atoms with Crippen LogP contribution in [0.1, 0.15) is 0 Å². The molecule has 56 heavy (non-hydrogen) atoms. The smallest absolute Gasteiger partial charge is 0.0547 e. The van der Waals surface area contributed by atoms with Gasteiger partial charge in [0.1, 0.15) is 0 Å². The molecule has 2 aromatic heterocycles. The van der Waals surface area contributed by atoms with Gasteiger partial charge in [-0.1, -0.05) is 152 Å². The van der Waals surface area contributed by atoms with Gasteiger partial charge in [-0.2, -0.15) is 0 Å². The lowest BCUT2D eigenvalue weighted by atomic mass is 9.91. The molecule has 9 aromatic carbocycles. The quantitative estimate of drug-likeness (QED) is 0.161. The normalized spacial score (nSPS) is 11.6. The second-order valence-corrected chi connectivity index (χ2v) is 15.6. The Hall–Kier alpha value is -7.00. The van der Waals surface area contributed by atoms with E-state index in [1.165, 1.54) is 97.6 Å². The molecule has 11 rings (SSSR count). The Kier molecular flexibility index (Phi) is 7.75. The first-order valence-electron chi connectivity index (χ1n) is 19.2. The number of thiophene rings is 1. The molecule has 0 aliphatic heterocycles. The van der Waals surface area contributed by atoms with Gasteiger partial charge in [-0.3, -0.25) is 0 Å². The van der Waals surface area contributed by atoms with Gasteiger partial charge in [0.2, 0.25) is 0 Å². The lowest BCUT2D eigenvalue weighted by molar-refractivity contribution is 1.18. The van der Waals surface area contributed by atoms with Crippen LogP contribution in [0.15, 0.2) is 212 Å². The summed E-state index contributed by atoms with van der Waals surface area (Å²) in [5.74, 6) is 0. The van der Waals surface area contributed by atoms with Crippen LogP contribution in [-0.2, 0) is 0 Å². The highest BCUT2D eigenvalue weighted by Gasteiger charge is 2.17. The Morgan fingerprint density at radius 3 is 1.55 bits per heavy atom. The molecular weight excluding hydrogens is 695 g/mol. The zero-order valence-electron chi connectivity index (χ0n) is 30.6. The van der Waals surface area contributed by atoms with Gasteiger partial charge in [-0.25, -0.2) is 0 Å². The highest BCUT2D eigenvalue weighted by atomic mass is 32.1. The van der Waals surface area contributed by atoms with E-state index in [-0.39, 0.29) is 0 Å². The monoisotopic (exact) mass is 729 g/mol. The summed E-state index contributed by atoms with van der Waals surface area (Å²) in [4.78, 5) is 0. The Morgan fingerprint density at radius 2 is 0.804 bits per heavy atom. The molecule has 0 N–H and O–H groups in total. The molecule has 0 aliphatic carbocycles. The lowest BCUT2D eigenvalue weighted by Gasteiger charge is -2.14. The Bertz CT molecular complexity index is 3230. The topological polar surface area (TPSA) is 4.93 Å². The summed E-state index contributed by atoms with van der Waals surface area (Å²) in [6.07, 6.45) is 0. The number of nitrogens with zero attached hydrogens (tertiary/aromatic N) is 1. The first-order valence-corrected chi connectivity index (χ1v) is 20.0. The molecular formula is C54H35NS. The van der Waals surface area contributed by atoms with Crippen LogP contribution in [-0.4, -0.2) is 4.57 Å². The third-order valence-electron chi connectivity index (χ3n) is 11.2. The SMILES string of the molecule is c1ccc(-c2cccc(-c3cc(-c4ccc5c6ccccc6n(-c6ccccc6)c5c4)cc(-c4cccc5c4sc4ccc(-c6ccccc6)cc45)c3)c2)cc1. The summed E-state index contributed by atoms with van der Waals surface area (Å²) in [7, 11) is 0. The van der Waals surface area contributed by atoms with Crippen LogP contribution in [0.3, 0.4) is 0 Å². The molecule has 0 fully saturated rings. The molecule has 0 saturated carbocycles. The number of para-hydroxylation sites is 2. The third kappa shape index (κ3) is 5.54. The largest absolute Gasteiger partial charge is 0.309 e. The molecule has 2 heteroatoms. The molecule has 0 amide bonds. The van der Waals surface area contributed by atoms with E-state index < -0.39 is 0 Å². The van der Waals surface area contributed by atoms with Crippen LogP contribution in [0.25, 0.3) is 103 Å². The highest BCUT2D eigenvalue weighted by Crippen LogP contribution is 2.44. The van der Waals surface area contributed by atoms with Crippen LogP contribution in [0.2, 0.25) is 0 Å². The average Bonchev–Trinajstić information content (AvgIpc) is 3.82. The minimum Gasteiger partial charge on any atom is -0.309 e. The maximum Gasteiger partial charge on any atom is 0.0547 e. The summed E-state index contributed by atoms with van der Waals surface area (Å²) in [6, 6.07) is 77.7. The van der Waals surface area contributed by atoms with E-state index in [0.29, 0.717) is 0 Å². The summed E-state index contributed by atoms with van der Waals surface area (Å²) in [5.41, 5.74) is 15.7. The Balaban J connectivity index is 1.13. The average molecular weight is 730 g/mol. The molecule has 0 atom stereocenters. The van der Waals surface area contributed by atoms with E-state index in [0.717, 1.165) is 5.69 Å². The molecule has 0 saturated heterocycles. The van der Waals surface area contributed by atoms with Crippen LogP contribution in [0.5, 0.6) is 0 Å². The van der Waals surface area contributed by atoms with Crippen molar-refractivity contribution < 1.29 is 0 Å². The molecule has 0 bridgehead atoms. The van der Waals surface area contributed by atoms with Gasteiger partial charge in [0.05, 0.1) is 11.0 Å². The number of rotatable bonds is 6. The fourth-order valence-corrected chi connectivity index (χ4v) is 9.69. The van der Waals surface area contributed by atoms with Crippen LogP contribution < -0.4 is 0 Å². The van der Waals surface area contributed by atoms with Crippen LogP contribution >= 0.6 is 11.3 Å². The Morgan fingerprint density at radius 1 is 0.286 bits per heavy atom. The van der Waals surface area contributed by atoms with E-state index >= 15 is 0 Å².